The predicted octanol–water partition coefficient (Wildman–Crippen LogP) is 3.61. The van der Waals surface area contributed by atoms with Crippen LogP contribution in [-0.4, -0.2) is 62.0 Å². The van der Waals surface area contributed by atoms with Gasteiger partial charge < -0.3 is 9.64 Å². The van der Waals surface area contributed by atoms with Gasteiger partial charge in [-0.15, -0.1) is 0 Å². The molecule has 1 fully saturated rings. The number of rotatable bonds is 10. The minimum Gasteiger partial charge on any atom is -0.493 e. The molecule has 4 nitrogen and oxygen atoms in total. The first-order valence-electron chi connectivity index (χ1n) is 9.46. The Bertz CT molecular complexity index is 542. The van der Waals surface area contributed by atoms with E-state index < -0.39 is 5.82 Å². The van der Waals surface area contributed by atoms with E-state index in [-0.39, 0.29) is 17.9 Å². The maximum Gasteiger partial charge on any atom is 0.179 e. The van der Waals surface area contributed by atoms with Crippen molar-refractivity contribution in [2.45, 2.75) is 39.0 Å². The monoisotopic (exact) mass is 350 g/mol. The average Bonchev–Trinajstić information content (AvgIpc) is 2.60. The standard InChI is InChI=1S/C20H31FN2O2/c1-3-4-5-6-7-14-25-17-8-9-18(19(21)15-17)20(24)16-23-12-10-22(2)11-13-23/h8-9,15H,3-7,10-14,16H2,1-2H3. The number of nitrogens with zero attached hydrogens (tertiary/aromatic N) is 2. The number of Topliss-reactive ketones (excluding diaryl/α,β-unsaturated/α-hetero) is 1. The maximum atomic E-state index is 14.3. The second-order valence-electron chi connectivity index (χ2n) is 6.91. The van der Waals surface area contributed by atoms with Crippen molar-refractivity contribution >= 4 is 5.78 Å². The van der Waals surface area contributed by atoms with Gasteiger partial charge in [-0.3, -0.25) is 9.69 Å². The molecule has 5 heteroatoms. The second-order valence-corrected chi connectivity index (χ2v) is 6.91. The summed E-state index contributed by atoms with van der Waals surface area (Å²) in [6.45, 7) is 6.65. The summed E-state index contributed by atoms with van der Waals surface area (Å²) >= 11 is 0. The van der Waals surface area contributed by atoms with Gasteiger partial charge in [-0.1, -0.05) is 32.6 Å². The Kier molecular flexibility index (Phi) is 8.35. The molecule has 1 aliphatic heterocycles. The lowest BCUT2D eigenvalue weighted by Gasteiger charge is -2.31. The number of ether oxygens (including phenoxy) is 1. The summed E-state index contributed by atoms with van der Waals surface area (Å²) < 4.78 is 19.9. The molecule has 25 heavy (non-hydrogen) atoms. The molecular formula is C20H31FN2O2. The number of likely N-dealkylation sites (N-methyl/N-ethyl adjacent to an activating group) is 1. The third-order valence-corrected chi connectivity index (χ3v) is 4.72. The van der Waals surface area contributed by atoms with Crippen molar-refractivity contribution in [3.63, 3.8) is 0 Å². The number of hydrogen-bond donors (Lipinski definition) is 0. The molecule has 1 aromatic carbocycles. The number of carbonyl (C=O) groups excluding carboxylic acids is 1. The predicted molar refractivity (Wildman–Crippen MR) is 98.9 cm³/mol. The van der Waals surface area contributed by atoms with E-state index in [1.165, 1.54) is 25.3 Å². The molecular weight excluding hydrogens is 319 g/mol. The summed E-state index contributed by atoms with van der Waals surface area (Å²) in [6, 6.07) is 4.59. The molecule has 0 bridgehead atoms. The number of hydrogen-bond acceptors (Lipinski definition) is 4. The Morgan fingerprint density at radius 2 is 1.84 bits per heavy atom. The molecule has 140 valence electrons. The van der Waals surface area contributed by atoms with Gasteiger partial charge in [0.15, 0.2) is 5.78 Å². The highest BCUT2D eigenvalue weighted by Crippen LogP contribution is 2.18. The van der Waals surface area contributed by atoms with Crippen LogP contribution in [0.5, 0.6) is 5.75 Å². The lowest BCUT2D eigenvalue weighted by Crippen LogP contribution is -2.46. The van der Waals surface area contributed by atoms with Crippen LogP contribution in [0.2, 0.25) is 0 Å². The average molecular weight is 350 g/mol. The number of ketones is 1. The second kappa shape index (κ2) is 10.5. The van der Waals surface area contributed by atoms with Gasteiger partial charge in [0.25, 0.3) is 0 Å². The molecule has 0 amide bonds. The van der Waals surface area contributed by atoms with Gasteiger partial charge in [-0.2, -0.15) is 0 Å². The zero-order valence-electron chi connectivity index (χ0n) is 15.6. The maximum absolute atomic E-state index is 14.3. The van der Waals surface area contributed by atoms with Crippen molar-refractivity contribution < 1.29 is 13.9 Å². The molecule has 0 radical (unpaired) electrons. The Labute approximate surface area is 150 Å². The fraction of sp³-hybridized carbons (Fsp3) is 0.650. The summed E-state index contributed by atoms with van der Waals surface area (Å²) in [7, 11) is 2.07. The molecule has 1 aliphatic rings. The van der Waals surface area contributed by atoms with E-state index in [0.717, 1.165) is 39.0 Å². The number of unbranched alkanes of at least 4 members (excludes halogenated alkanes) is 4. The molecule has 0 aromatic heterocycles. The summed E-state index contributed by atoms with van der Waals surface area (Å²) in [6.07, 6.45) is 5.80. The van der Waals surface area contributed by atoms with E-state index in [0.29, 0.717) is 12.4 Å². The fourth-order valence-corrected chi connectivity index (χ4v) is 3.00. The van der Waals surface area contributed by atoms with Gasteiger partial charge in [0.05, 0.1) is 18.7 Å². The van der Waals surface area contributed by atoms with Crippen LogP contribution in [-0.2, 0) is 0 Å². The smallest absolute Gasteiger partial charge is 0.179 e. The van der Waals surface area contributed by atoms with Crippen molar-refractivity contribution in [2.75, 3.05) is 46.4 Å². The molecule has 0 N–H and O–H groups in total. The molecule has 0 saturated carbocycles. The van der Waals surface area contributed by atoms with Gasteiger partial charge in [0.2, 0.25) is 0 Å². The van der Waals surface area contributed by atoms with Crippen molar-refractivity contribution in [1.29, 1.82) is 0 Å². The van der Waals surface area contributed by atoms with Crippen LogP contribution in [0.3, 0.4) is 0 Å². The van der Waals surface area contributed by atoms with Crippen LogP contribution in [0.25, 0.3) is 0 Å². The molecule has 0 aliphatic carbocycles. The van der Waals surface area contributed by atoms with Gasteiger partial charge >= 0.3 is 0 Å². The molecule has 1 saturated heterocycles. The van der Waals surface area contributed by atoms with E-state index in [1.807, 2.05) is 0 Å². The van der Waals surface area contributed by atoms with Crippen LogP contribution in [0.15, 0.2) is 18.2 Å². The third-order valence-electron chi connectivity index (χ3n) is 4.72. The van der Waals surface area contributed by atoms with Crippen LogP contribution in [0.1, 0.15) is 49.4 Å². The quantitative estimate of drug-likeness (QED) is 0.477. The first-order chi connectivity index (χ1) is 12.1. The normalized spacial score (nSPS) is 16.1. The van der Waals surface area contributed by atoms with Crippen molar-refractivity contribution in [3.05, 3.63) is 29.6 Å². The van der Waals surface area contributed by atoms with Gasteiger partial charge in [0, 0.05) is 32.2 Å². The molecule has 0 atom stereocenters. The highest BCUT2D eigenvalue weighted by Gasteiger charge is 2.19. The Hall–Kier alpha value is -1.46. The number of halogens is 1. The van der Waals surface area contributed by atoms with E-state index >= 15 is 0 Å². The fourth-order valence-electron chi connectivity index (χ4n) is 3.00. The largest absolute Gasteiger partial charge is 0.493 e. The topological polar surface area (TPSA) is 32.8 Å². The lowest BCUT2D eigenvalue weighted by molar-refractivity contribution is 0.0872. The van der Waals surface area contributed by atoms with Crippen molar-refractivity contribution in [1.82, 2.24) is 9.80 Å². The van der Waals surface area contributed by atoms with Gasteiger partial charge in [-0.25, -0.2) is 4.39 Å². The number of carbonyl (C=O) groups is 1. The van der Waals surface area contributed by atoms with Crippen LogP contribution < -0.4 is 4.74 Å². The zero-order valence-corrected chi connectivity index (χ0v) is 15.6. The number of piperazine rings is 1. The first-order valence-corrected chi connectivity index (χ1v) is 9.46. The molecule has 0 spiro atoms. The van der Waals surface area contributed by atoms with E-state index in [2.05, 4.69) is 23.8 Å². The van der Waals surface area contributed by atoms with Gasteiger partial charge in [-0.05, 0) is 25.6 Å². The van der Waals surface area contributed by atoms with Crippen LogP contribution in [0.4, 0.5) is 4.39 Å². The minimum atomic E-state index is -0.484. The highest BCUT2D eigenvalue weighted by molar-refractivity contribution is 5.98. The summed E-state index contributed by atoms with van der Waals surface area (Å²) in [5, 5.41) is 0. The van der Waals surface area contributed by atoms with Crippen molar-refractivity contribution in [2.24, 2.45) is 0 Å². The highest BCUT2D eigenvalue weighted by atomic mass is 19.1. The summed E-state index contributed by atoms with van der Waals surface area (Å²) in [4.78, 5) is 16.7. The molecule has 0 unspecified atom stereocenters. The number of benzene rings is 1. The Balaban J connectivity index is 1.79. The minimum absolute atomic E-state index is 0.159. The van der Waals surface area contributed by atoms with E-state index in [1.54, 1.807) is 12.1 Å². The Morgan fingerprint density at radius 1 is 1.12 bits per heavy atom. The SMILES string of the molecule is CCCCCCCOc1ccc(C(=O)CN2CCN(C)CC2)c(F)c1. The van der Waals surface area contributed by atoms with Crippen LogP contribution >= 0.6 is 0 Å². The van der Waals surface area contributed by atoms with Crippen LogP contribution in [0, 0.1) is 5.82 Å². The first kappa shape index (κ1) is 19.9. The molecule has 2 rings (SSSR count). The van der Waals surface area contributed by atoms with E-state index in [4.69, 9.17) is 4.74 Å². The molecule has 1 heterocycles. The zero-order chi connectivity index (χ0) is 18.1. The van der Waals surface area contributed by atoms with Gasteiger partial charge in [0.1, 0.15) is 11.6 Å². The lowest BCUT2D eigenvalue weighted by atomic mass is 10.1. The van der Waals surface area contributed by atoms with E-state index in [9.17, 15) is 9.18 Å². The van der Waals surface area contributed by atoms with Crippen molar-refractivity contribution in [3.8, 4) is 5.75 Å². The summed E-state index contributed by atoms with van der Waals surface area (Å²) in [5.74, 6) is -0.139. The Morgan fingerprint density at radius 3 is 2.52 bits per heavy atom. The molecule has 1 aromatic rings. The third kappa shape index (κ3) is 6.75. The summed E-state index contributed by atoms with van der Waals surface area (Å²) in [5.41, 5.74) is 0.161.